The van der Waals surface area contributed by atoms with E-state index in [0.29, 0.717) is 43.9 Å². The lowest BCUT2D eigenvalue weighted by molar-refractivity contribution is -0.138. The zero-order chi connectivity index (χ0) is 25.3. The van der Waals surface area contributed by atoms with E-state index in [1.165, 1.54) is 18.9 Å². The van der Waals surface area contributed by atoms with E-state index in [9.17, 15) is 14.4 Å². The number of benzene rings is 1. The Kier molecular flexibility index (Phi) is 7.35. The molecule has 0 spiro atoms. The first-order valence-electron chi connectivity index (χ1n) is 11.9. The summed E-state index contributed by atoms with van der Waals surface area (Å²) < 4.78 is 5.21. The number of piperazine rings is 1. The Hall–Kier alpha value is -3.07. The fraction of sp³-hybridized carbons (Fsp3) is 0.462. The van der Waals surface area contributed by atoms with E-state index in [2.05, 4.69) is 18.2 Å². The van der Waals surface area contributed by atoms with Crippen LogP contribution in [0.4, 0.5) is 0 Å². The molecule has 4 rings (SSSR count). The van der Waals surface area contributed by atoms with Crippen LogP contribution in [-0.4, -0.2) is 70.9 Å². The van der Waals surface area contributed by atoms with Crippen molar-refractivity contribution in [1.29, 1.82) is 0 Å². The molecule has 1 unspecified atom stereocenters. The van der Waals surface area contributed by atoms with E-state index in [-0.39, 0.29) is 18.2 Å². The third-order valence-electron chi connectivity index (χ3n) is 6.77. The Bertz CT molecular complexity index is 1150. The molecule has 1 fully saturated rings. The van der Waals surface area contributed by atoms with Crippen molar-refractivity contribution in [2.24, 2.45) is 4.99 Å². The van der Waals surface area contributed by atoms with Crippen molar-refractivity contribution in [2.45, 2.75) is 46.6 Å². The minimum absolute atomic E-state index is 0.00547. The summed E-state index contributed by atoms with van der Waals surface area (Å²) in [6, 6.07) is 5.79. The van der Waals surface area contributed by atoms with Gasteiger partial charge in [0.15, 0.2) is 5.17 Å². The maximum Gasteiger partial charge on any atom is 0.338 e. The number of thioether (sulfide) groups is 1. The monoisotopic (exact) mass is 496 g/mol. The van der Waals surface area contributed by atoms with Gasteiger partial charge in [-0.05, 0) is 36.8 Å². The number of allylic oxidation sites excluding steroid dienone is 1. The number of ether oxygens (including phenoxy) is 1. The molecule has 0 saturated carbocycles. The maximum atomic E-state index is 13.3. The summed E-state index contributed by atoms with van der Waals surface area (Å²) in [5, 5.41) is 2.73. The number of carbonyl (C=O) groups excluding carboxylic acids is 3. The molecule has 8 nitrogen and oxygen atoms in total. The number of amides is 2. The molecular formula is C26H32N4O4S. The summed E-state index contributed by atoms with van der Waals surface area (Å²) in [7, 11) is 1.39. The zero-order valence-electron chi connectivity index (χ0n) is 21.0. The summed E-state index contributed by atoms with van der Waals surface area (Å²) in [6.07, 6.45) is 0.793. The number of fused-ring (bicyclic) bond motifs is 1. The number of nitrogens with zero attached hydrogens (tertiary/aromatic N) is 4. The highest BCUT2D eigenvalue weighted by Gasteiger charge is 2.42. The van der Waals surface area contributed by atoms with Crippen LogP contribution >= 0.6 is 11.8 Å². The van der Waals surface area contributed by atoms with Gasteiger partial charge in [-0.25, -0.2) is 9.79 Å². The molecule has 3 heterocycles. The average Bonchev–Trinajstić information content (AvgIpc) is 3.26. The summed E-state index contributed by atoms with van der Waals surface area (Å²) >= 11 is 1.48. The molecule has 0 bridgehead atoms. The molecule has 186 valence electrons. The minimum atomic E-state index is -0.423. The predicted molar refractivity (Wildman–Crippen MR) is 136 cm³/mol. The van der Waals surface area contributed by atoms with Gasteiger partial charge >= 0.3 is 5.97 Å². The van der Waals surface area contributed by atoms with Gasteiger partial charge in [0, 0.05) is 38.8 Å². The van der Waals surface area contributed by atoms with E-state index >= 15 is 0 Å². The lowest BCUT2D eigenvalue weighted by Gasteiger charge is -2.38. The molecular weight excluding hydrogens is 464 g/mol. The molecule has 0 radical (unpaired) electrons. The Morgan fingerprint density at radius 2 is 1.80 bits per heavy atom. The molecule has 1 atom stereocenters. The first-order valence-corrected chi connectivity index (χ1v) is 12.8. The normalized spacial score (nSPS) is 19.9. The molecule has 1 aromatic rings. The van der Waals surface area contributed by atoms with E-state index in [1.54, 1.807) is 11.8 Å². The smallest absolute Gasteiger partial charge is 0.338 e. The van der Waals surface area contributed by atoms with Crippen molar-refractivity contribution in [1.82, 2.24) is 14.7 Å². The van der Waals surface area contributed by atoms with Gasteiger partial charge in [-0.15, -0.1) is 0 Å². The van der Waals surface area contributed by atoms with E-state index in [0.717, 1.165) is 27.6 Å². The average molecular weight is 497 g/mol. The van der Waals surface area contributed by atoms with E-state index < -0.39 is 12.0 Å². The number of rotatable bonds is 5. The molecule has 3 aliphatic heterocycles. The summed E-state index contributed by atoms with van der Waals surface area (Å²) in [5.41, 5.74) is 5.19. The van der Waals surface area contributed by atoms with Gasteiger partial charge in [-0.1, -0.05) is 42.4 Å². The zero-order valence-corrected chi connectivity index (χ0v) is 21.8. The van der Waals surface area contributed by atoms with Gasteiger partial charge in [-0.3, -0.25) is 9.59 Å². The summed E-state index contributed by atoms with van der Waals surface area (Å²) in [5.74, 6) is -0.365. The van der Waals surface area contributed by atoms with Crippen molar-refractivity contribution in [2.75, 3.05) is 33.3 Å². The van der Waals surface area contributed by atoms with Crippen LogP contribution in [0.25, 0.3) is 0 Å². The second kappa shape index (κ2) is 10.3. The largest absolute Gasteiger partial charge is 0.466 e. The van der Waals surface area contributed by atoms with Crippen molar-refractivity contribution in [3.8, 4) is 0 Å². The minimum Gasteiger partial charge on any atom is -0.466 e. The van der Waals surface area contributed by atoms with Crippen LogP contribution in [0.2, 0.25) is 0 Å². The number of aryl methyl sites for hydroxylation is 2. The van der Waals surface area contributed by atoms with Gasteiger partial charge < -0.3 is 19.4 Å². The molecule has 35 heavy (non-hydrogen) atoms. The highest BCUT2D eigenvalue weighted by molar-refractivity contribution is 8.16. The number of carbonyl (C=O) groups is 3. The lowest BCUT2D eigenvalue weighted by atomic mass is 9.89. The van der Waals surface area contributed by atoms with Crippen molar-refractivity contribution in [3.05, 3.63) is 57.3 Å². The van der Waals surface area contributed by atoms with Gasteiger partial charge in [0.25, 0.3) is 0 Å². The standard InChI is InChI=1S/C26H32N4O4S/c1-6-21-23(25(33)34-5)24(20-13-16(2)7-8-17(20)3)30-19(15-35-26(30)27-21)14-22(32)29-11-9-28(10-12-29)18(4)31/h7-8,13,15,24H,6,9-12,14H2,1-5H3. The van der Waals surface area contributed by atoms with Crippen LogP contribution in [0.15, 0.2) is 45.6 Å². The number of aliphatic imine (C=N–C) groups is 1. The second-order valence-corrected chi connectivity index (χ2v) is 9.86. The third kappa shape index (κ3) is 4.87. The Balaban J connectivity index is 1.67. The van der Waals surface area contributed by atoms with Crippen molar-refractivity contribution >= 4 is 34.7 Å². The van der Waals surface area contributed by atoms with Crippen LogP contribution in [0, 0.1) is 13.8 Å². The van der Waals surface area contributed by atoms with Gasteiger partial charge in [0.1, 0.15) is 0 Å². The molecule has 0 N–H and O–H groups in total. The molecule has 2 amide bonds. The van der Waals surface area contributed by atoms with Crippen molar-refractivity contribution < 1.29 is 19.1 Å². The summed E-state index contributed by atoms with van der Waals surface area (Å²) in [4.78, 5) is 48.4. The SMILES string of the molecule is CCC1=C(C(=O)OC)C(c2cc(C)ccc2C)N2C(CC(=O)N3CCN(C(C)=O)CC3)=CSC2=N1. The van der Waals surface area contributed by atoms with Gasteiger partial charge in [0.05, 0.1) is 30.8 Å². The number of hydrogen-bond donors (Lipinski definition) is 0. The van der Waals surface area contributed by atoms with Crippen LogP contribution in [0.1, 0.15) is 49.4 Å². The first kappa shape index (κ1) is 25.0. The van der Waals surface area contributed by atoms with Gasteiger partial charge in [-0.2, -0.15) is 0 Å². The number of esters is 1. The highest BCUT2D eigenvalue weighted by atomic mass is 32.2. The fourth-order valence-corrected chi connectivity index (χ4v) is 5.74. The number of methoxy groups -OCH3 is 1. The first-order chi connectivity index (χ1) is 16.7. The molecule has 9 heteroatoms. The Morgan fingerprint density at radius 3 is 2.43 bits per heavy atom. The molecule has 0 aromatic heterocycles. The third-order valence-corrected chi connectivity index (χ3v) is 7.66. The Labute approximate surface area is 210 Å². The predicted octanol–water partition coefficient (Wildman–Crippen LogP) is 3.52. The fourth-order valence-electron chi connectivity index (χ4n) is 4.80. The van der Waals surface area contributed by atoms with Crippen LogP contribution in [-0.2, 0) is 19.1 Å². The molecule has 3 aliphatic rings. The summed E-state index contributed by atoms with van der Waals surface area (Å²) in [6.45, 7) is 9.74. The number of amidine groups is 1. The molecule has 0 aliphatic carbocycles. The topological polar surface area (TPSA) is 82.5 Å². The van der Waals surface area contributed by atoms with E-state index in [4.69, 9.17) is 9.73 Å². The highest BCUT2D eigenvalue weighted by Crippen LogP contribution is 2.46. The molecule has 1 saturated heterocycles. The lowest BCUT2D eigenvalue weighted by Crippen LogP contribution is -2.50. The maximum absolute atomic E-state index is 13.3. The van der Waals surface area contributed by atoms with Crippen LogP contribution < -0.4 is 0 Å². The quantitative estimate of drug-likeness (QED) is 0.580. The second-order valence-electron chi connectivity index (χ2n) is 9.02. The van der Waals surface area contributed by atoms with E-state index in [1.807, 2.05) is 36.0 Å². The van der Waals surface area contributed by atoms with Crippen LogP contribution in [0.3, 0.4) is 0 Å². The Morgan fingerprint density at radius 1 is 1.11 bits per heavy atom. The van der Waals surface area contributed by atoms with Crippen molar-refractivity contribution in [3.63, 3.8) is 0 Å². The van der Waals surface area contributed by atoms with Gasteiger partial charge in [0.2, 0.25) is 11.8 Å². The van der Waals surface area contributed by atoms with Crippen LogP contribution in [0.5, 0.6) is 0 Å². The number of hydrogen-bond acceptors (Lipinski definition) is 7. The molecule has 1 aromatic carbocycles.